The van der Waals surface area contributed by atoms with Crippen LogP contribution in [0.25, 0.3) is 10.7 Å². The lowest BCUT2D eigenvalue weighted by Crippen LogP contribution is -2.14. The molecule has 0 amide bonds. The summed E-state index contributed by atoms with van der Waals surface area (Å²) in [6.45, 7) is 1.40. The molecule has 3 aromatic rings. The van der Waals surface area contributed by atoms with Crippen LogP contribution in [-0.2, 0) is 4.74 Å². The number of carbonyl (C=O) groups is 2. The number of ether oxygens (including phenoxy) is 2. The molecular formula is C19H16N2O4S. The van der Waals surface area contributed by atoms with Gasteiger partial charge in [0, 0.05) is 11.8 Å². The van der Waals surface area contributed by atoms with E-state index in [4.69, 9.17) is 9.47 Å². The zero-order chi connectivity index (χ0) is 18.5. The van der Waals surface area contributed by atoms with Gasteiger partial charge in [0.15, 0.2) is 12.4 Å². The van der Waals surface area contributed by atoms with Crippen molar-refractivity contribution in [2.75, 3.05) is 13.7 Å². The first-order valence-electron chi connectivity index (χ1n) is 7.81. The third-order valence-corrected chi connectivity index (χ3v) is 4.77. The number of carbonyl (C=O) groups excluding carboxylic acids is 2. The van der Waals surface area contributed by atoms with E-state index in [1.54, 1.807) is 44.5 Å². The van der Waals surface area contributed by atoms with Crippen molar-refractivity contribution in [3.8, 4) is 16.5 Å². The van der Waals surface area contributed by atoms with Crippen molar-refractivity contribution in [1.29, 1.82) is 0 Å². The van der Waals surface area contributed by atoms with E-state index < -0.39 is 5.97 Å². The second kappa shape index (κ2) is 7.88. The fourth-order valence-electron chi connectivity index (χ4n) is 2.24. The summed E-state index contributed by atoms with van der Waals surface area (Å²) < 4.78 is 10.2. The Morgan fingerprint density at radius 2 is 1.88 bits per heavy atom. The molecule has 0 spiro atoms. The van der Waals surface area contributed by atoms with E-state index in [9.17, 15) is 9.59 Å². The van der Waals surface area contributed by atoms with Crippen molar-refractivity contribution in [2.45, 2.75) is 6.92 Å². The number of aromatic nitrogens is 2. The van der Waals surface area contributed by atoms with Gasteiger partial charge in [-0.25, -0.2) is 9.78 Å². The van der Waals surface area contributed by atoms with Gasteiger partial charge < -0.3 is 9.47 Å². The van der Waals surface area contributed by atoms with Gasteiger partial charge in [-0.05, 0) is 43.3 Å². The van der Waals surface area contributed by atoms with Crippen LogP contribution in [0.2, 0.25) is 0 Å². The Bertz CT molecular complexity index is 920. The van der Waals surface area contributed by atoms with Crippen LogP contribution in [0.3, 0.4) is 0 Å². The Kier molecular flexibility index (Phi) is 5.38. The van der Waals surface area contributed by atoms with E-state index >= 15 is 0 Å². The van der Waals surface area contributed by atoms with E-state index in [0.717, 1.165) is 0 Å². The van der Waals surface area contributed by atoms with Gasteiger partial charge in [0.1, 0.15) is 15.6 Å². The molecule has 0 fully saturated rings. The molecule has 0 saturated carbocycles. The molecule has 0 unspecified atom stereocenters. The average Bonchev–Trinajstić information content (AvgIpc) is 3.08. The molecule has 0 radical (unpaired) electrons. The number of hydrogen-bond acceptors (Lipinski definition) is 7. The van der Waals surface area contributed by atoms with Crippen molar-refractivity contribution in [1.82, 2.24) is 9.97 Å². The third-order valence-electron chi connectivity index (χ3n) is 3.61. The highest BCUT2D eigenvalue weighted by Crippen LogP contribution is 2.27. The molecule has 2 heterocycles. The molecule has 2 aromatic heterocycles. The highest BCUT2D eigenvalue weighted by Gasteiger charge is 2.19. The molecule has 6 nitrogen and oxygen atoms in total. The summed E-state index contributed by atoms with van der Waals surface area (Å²) >= 11 is 1.20. The monoisotopic (exact) mass is 368 g/mol. The number of nitrogens with zero attached hydrogens (tertiary/aromatic N) is 2. The van der Waals surface area contributed by atoms with Gasteiger partial charge >= 0.3 is 5.97 Å². The van der Waals surface area contributed by atoms with E-state index in [1.807, 2.05) is 18.2 Å². The van der Waals surface area contributed by atoms with Crippen molar-refractivity contribution in [2.24, 2.45) is 0 Å². The number of hydrogen-bond donors (Lipinski definition) is 0. The number of pyridine rings is 1. The van der Waals surface area contributed by atoms with E-state index in [0.29, 0.717) is 32.6 Å². The Morgan fingerprint density at radius 1 is 1.12 bits per heavy atom. The van der Waals surface area contributed by atoms with Gasteiger partial charge in [0.2, 0.25) is 0 Å². The van der Waals surface area contributed by atoms with Gasteiger partial charge in [-0.3, -0.25) is 9.78 Å². The van der Waals surface area contributed by atoms with Gasteiger partial charge in [-0.1, -0.05) is 6.07 Å². The molecule has 0 atom stereocenters. The van der Waals surface area contributed by atoms with Crippen molar-refractivity contribution < 1.29 is 19.1 Å². The molecule has 132 valence electrons. The van der Waals surface area contributed by atoms with E-state index in [2.05, 4.69) is 9.97 Å². The van der Waals surface area contributed by atoms with Crippen molar-refractivity contribution >= 4 is 23.1 Å². The van der Waals surface area contributed by atoms with E-state index in [-0.39, 0.29) is 12.4 Å². The minimum atomic E-state index is -0.566. The largest absolute Gasteiger partial charge is 0.497 e. The van der Waals surface area contributed by atoms with Crippen LogP contribution in [0.1, 0.15) is 25.7 Å². The smallest absolute Gasteiger partial charge is 0.350 e. The summed E-state index contributed by atoms with van der Waals surface area (Å²) in [7, 11) is 1.55. The zero-order valence-electron chi connectivity index (χ0n) is 14.3. The quantitative estimate of drug-likeness (QED) is 0.489. The van der Waals surface area contributed by atoms with Gasteiger partial charge in [-0.2, -0.15) is 0 Å². The number of benzene rings is 1. The predicted octanol–water partition coefficient (Wildman–Crippen LogP) is 3.56. The normalized spacial score (nSPS) is 10.4. The van der Waals surface area contributed by atoms with Crippen LogP contribution in [0, 0.1) is 6.92 Å². The Morgan fingerprint density at radius 3 is 2.54 bits per heavy atom. The number of ketones is 1. The van der Waals surface area contributed by atoms with Crippen LogP contribution in [0.5, 0.6) is 5.75 Å². The number of methoxy groups -OCH3 is 1. The molecule has 3 rings (SSSR count). The second-order valence-corrected chi connectivity index (χ2v) is 6.38. The Hall–Kier alpha value is -3.06. The molecule has 0 bridgehead atoms. The maximum Gasteiger partial charge on any atom is 0.350 e. The molecule has 7 heteroatoms. The summed E-state index contributed by atoms with van der Waals surface area (Å²) in [5, 5.41) is 0.636. The molecule has 26 heavy (non-hydrogen) atoms. The number of thiazole rings is 1. The molecule has 1 aromatic carbocycles. The van der Waals surface area contributed by atoms with Gasteiger partial charge in [0.05, 0.1) is 18.5 Å². The Balaban J connectivity index is 1.66. The van der Waals surface area contributed by atoms with Gasteiger partial charge in [0.25, 0.3) is 0 Å². The molecule has 0 aliphatic heterocycles. The summed E-state index contributed by atoms with van der Waals surface area (Å²) in [5.74, 6) is -0.196. The maximum atomic E-state index is 12.3. The molecule has 0 N–H and O–H groups in total. The fourth-order valence-corrected chi connectivity index (χ4v) is 3.18. The minimum absolute atomic E-state index is 0.284. The number of esters is 1. The van der Waals surface area contributed by atoms with Crippen LogP contribution in [0.4, 0.5) is 0 Å². The van der Waals surface area contributed by atoms with Crippen molar-refractivity contribution in [3.63, 3.8) is 0 Å². The van der Waals surface area contributed by atoms with Crippen LogP contribution in [0.15, 0.2) is 48.7 Å². The summed E-state index contributed by atoms with van der Waals surface area (Å²) in [5.41, 5.74) is 1.69. The predicted molar refractivity (Wildman–Crippen MR) is 97.7 cm³/mol. The first-order valence-corrected chi connectivity index (χ1v) is 8.63. The SMILES string of the molecule is COc1ccc(C(=O)COC(=O)c2sc(-c3ccccn3)nc2C)cc1. The summed E-state index contributed by atoms with van der Waals surface area (Å²) in [6, 6.07) is 12.1. The molecule has 0 aliphatic rings. The van der Waals surface area contributed by atoms with Crippen LogP contribution < -0.4 is 4.74 Å². The topological polar surface area (TPSA) is 78.4 Å². The van der Waals surface area contributed by atoms with Crippen LogP contribution in [-0.4, -0.2) is 35.4 Å². The maximum absolute atomic E-state index is 12.3. The minimum Gasteiger partial charge on any atom is -0.497 e. The van der Waals surface area contributed by atoms with Gasteiger partial charge in [-0.15, -0.1) is 11.3 Å². The lowest BCUT2D eigenvalue weighted by Gasteiger charge is -2.04. The molecular weight excluding hydrogens is 352 g/mol. The number of aryl methyl sites for hydroxylation is 1. The number of rotatable bonds is 6. The number of Topliss-reactive ketones (excluding diaryl/α,β-unsaturated/α-hetero) is 1. The Labute approximate surface area is 154 Å². The molecule has 0 aliphatic carbocycles. The molecule has 0 saturated heterocycles. The first-order chi connectivity index (χ1) is 12.6. The summed E-state index contributed by atoms with van der Waals surface area (Å²) in [4.78, 5) is 33.4. The van der Waals surface area contributed by atoms with E-state index in [1.165, 1.54) is 11.3 Å². The summed E-state index contributed by atoms with van der Waals surface area (Å²) in [6.07, 6.45) is 1.66. The standard InChI is InChI=1S/C19H16N2O4S/c1-12-17(26-18(21-12)15-5-3-4-10-20-15)19(23)25-11-16(22)13-6-8-14(24-2)9-7-13/h3-10H,11H2,1-2H3. The fraction of sp³-hybridized carbons (Fsp3) is 0.158. The third kappa shape index (κ3) is 3.94. The lowest BCUT2D eigenvalue weighted by atomic mass is 10.1. The highest BCUT2D eigenvalue weighted by atomic mass is 32.1. The average molecular weight is 368 g/mol. The first kappa shape index (κ1) is 17.8. The zero-order valence-corrected chi connectivity index (χ0v) is 15.1. The van der Waals surface area contributed by atoms with Crippen LogP contribution >= 0.6 is 11.3 Å². The van der Waals surface area contributed by atoms with Crippen molar-refractivity contribution in [3.05, 3.63) is 64.8 Å². The lowest BCUT2D eigenvalue weighted by molar-refractivity contribution is 0.0478. The second-order valence-electron chi connectivity index (χ2n) is 5.38. The highest BCUT2D eigenvalue weighted by molar-refractivity contribution is 7.17.